The lowest BCUT2D eigenvalue weighted by Gasteiger charge is -2.12. The number of hydrogen-bond donors (Lipinski definition) is 2. The number of carbonyl (C=O) groups excluding carboxylic acids is 1. The molecule has 2 aromatic heterocycles. The third kappa shape index (κ3) is 3.40. The highest BCUT2D eigenvalue weighted by molar-refractivity contribution is 6.30. The van der Waals surface area contributed by atoms with Gasteiger partial charge in [-0.2, -0.15) is 0 Å². The summed E-state index contributed by atoms with van der Waals surface area (Å²) >= 11 is 6.08. The fraction of sp³-hybridized carbons (Fsp3) is 0.0500. The van der Waals surface area contributed by atoms with E-state index in [4.69, 9.17) is 21.4 Å². The maximum Gasteiger partial charge on any atom is 0.274 e. The first-order chi connectivity index (χ1) is 13.2. The SMILES string of the molecule is CONC(=O)c1ccc2c(c1)nc(Nc1cccc(Cl)c1)c1ccncc12. The summed E-state index contributed by atoms with van der Waals surface area (Å²) in [6.45, 7) is 0. The average molecular weight is 379 g/mol. The van der Waals surface area contributed by atoms with Crippen molar-refractivity contribution in [1.82, 2.24) is 15.4 Å². The highest BCUT2D eigenvalue weighted by Gasteiger charge is 2.12. The molecule has 27 heavy (non-hydrogen) atoms. The van der Waals surface area contributed by atoms with Gasteiger partial charge in [-0.1, -0.05) is 23.7 Å². The summed E-state index contributed by atoms with van der Waals surface area (Å²) in [6, 6.07) is 14.6. The van der Waals surface area contributed by atoms with Gasteiger partial charge in [0.05, 0.1) is 12.6 Å². The van der Waals surface area contributed by atoms with Crippen molar-refractivity contribution >= 4 is 50.7 Å². The zero-order valence-corrected chi connectivity index (χ0v) is 15.1. The van der Waals surface area contributed by atoms with Crippen LogP contribution < -0.4 is 10.8 Å². The Balaban J connectivity index is 1.89. The zero-order valence-electron chi connectivity index (χ0n) is 14.4. The molecule has 4 aromatic rings. The van der Waals surface area contributed by atoms with Crippen LogP contribution in [0.4, 0.5) is 11.5 Å². The van der Waals surface area contributed by atoms with Gasteiger partial charge in [0.25, 0.3) is 5.91 Å². The molecule has 0 saturated carbocycles. The van der Waals surface area contributed by atoms with Gasteiger partial charge in [-0.25, -0.2) is 10.5 Å². The van der Waals surface area contributed by atoms with Crippen LogP contribution in [0.15, 0.2) is 60.9 Å². The summed E-state index contributed by atoms with van der Waals surface area (Å²) in [5.74, 6) is 0.323. The minimum absolute atomic E-state index is 0.336. The van der Waals surface area contributed by atoms with Gasteiger partial charge in [0, 0.05) is 44.8 Å². The summed E-state index contributed by atoms with van der Waals surface area (Å²) in [5, 5.41) is 6.70. The van der Waals surface area contributed by atoms with Crippen LogP contribution in [0.3, 0.4) is 0 Å². The van der Waals surface area contributed by atoms with Crippen molar-refractivity contribution in [3.05, 3.63) is 71.5 Å². The van der Waals surface area contributed by atoms with E-state index in [1.807, 2.05) is 36.4 Å². The van der Waals surface area contributed by atoms with Gasteiger partial charge < -0.3 is 5.32 Å². The molecule has 0 fully saturated rings. The molecule has 0 radical (unpaired) electrons. The third-order valence-corrected chi connectivity index (χ3v) is 4.38. The second-order valence-corrected chi connectivity index (χ2v) is 6.32. The molecule has 0 spiro atoms. The molecule has 0 atom stereocenters. The van der Waals surface area contributed by atoms with E-state index < -0.39 is 0 Å². The first kappa shape index (κ1) is 17.2. The number of hydroxylamine groups is 1. The van der Waals surface area contributed by atoms with Crippen LogP contribution in [-0.2, 0) is 4.84 Å². The Morgan fingerprint density at radius 1 is 1.07 bits per heavy atom. The number of hydrogen-bond acceptors (Lipinski definition) is 5. The maximum atomic E-state index is 12.1. The smallest absolute Gasteiger partial charge is 0.274 e. The molecule has 4 rings (SSSR count). The Labute approximate surface area is 160 Å². The first-order valence-electron chi connectivity index (χ1n) is 8.19. The summed E-state index contributed by atoms with van der Waals surface area (Å²) in [4.78, 5) is 25.7. The topological polar surface area (TPSA) is 76.1 Å². The van der Waals surface area contributed by atoms with E-state index in [9.17, 15) is 4.79 Å². The molecule has 0 aliphatic rings. The van der Waals surface area contributed by atoms with Crippen LogP contribution in [0.25, 0.3) is 21.7 Å². The van der Waals surface area contributed by atoms with Gasteiger partial charge in [0.2, 0.25) is 0 Å². The van der Waals surface area contributed by atoms with Gasteiger partial charge in [0.15, 0.2) is 0 Å². The number of benzene rings is 2. The van der Waals surface area contributed by atoms with E-state index in [2.05, 4.69) is 15.8 Å². The quantitative estimate of drug-likeness (QED) is 0.404. The number of aromatic nitrogens is 2. The van der Waals surface area contributed by atoms with Crippen LogP contribution >= 0.6 is 11.6 Å². The molecule has 0 aliphatic heterocycles. The molecule has 134 valence electrons. The predicted octanol–water partition coefficient (Wildman–Crippen LogP) is 4.47. The largest absolute Gasteiger partial charge is 0.340 e. The number of fused-ring (bicyclic) bond motifs is 3. The van der Waals surface area contributed by atoms with Gasteiger partial charge >= 0.3 is 0 Å². The van der Waals surface area contributed by atoms with E-state index in [1.165, 1.54) is 7.11 Å². The van der Waals surface area contributed by atoms with E-state index in [-0.39, 0.29) is 5.91 Å². The number of carbonyl (C=O) groups is 1. The second-order valence-electron chi connectivity index (χ2n) is 5.88. The molecule has 0 aliphatic carbocycles. The van der Waals surface area contributed by atoms with Gasteiger partial charge in [-0.3, -0.25) is 14.6 Å². The highest BCUT2D eigenvalue weighted by atomic mass is 35.5. The Hall–Kier alpha value is -3.22. The van der Waals surface area contributed by atoms with Gasteiger partial charge in [0.1, 0.15) is 5.82 Å². The molecular formula is C20H15ClN4O2. The number of halogens is 1. The summed E-state index contributed by atoms with van der Waals surface area (Å²) in [7, 11) is 1.39. The lowest BCUT2D eigenvalue weighted by Crippen LogP contribution is -2.21. The second kappa shape index (κ2) is 7.19. The van der Waals surface area contributed by atoms with Gasteiger partial charge in [-0.05, 0) is 36.4 Å². The predicted molar refractivity (Wildman–Crippen MR) is 106 cm³/mol. The monoisotopic (exact) mass is 378 g/mol. The maximum absolute atomic E-state index is 12.1. The number of nitrogens with zero attached hydrogens (tertiary/aromatic N) is 2. The van der Waals surface area contributed by atoms with Crippen LogP contribution in [-0.4, -0.2) is 23.0 Å². The summed E-state index contributed by atoms with van der Waals surface area (Å²) in [5.41, 5.74) is 4.26. The molecule has 6 nitrogen and oxygen atoms in total. The molecule has 2 aromatic carbocycles. The standard InChI is InChI=1S/C20H15ClN4O2/c1-27-25-20(26)12-5-6-15-17-11-22-8-7-16(17)19(24-18(15)9-12)23-14-4-2-3-13(21)10-14/h2-11H,1H3,(H,23,24)(H,25,26). The van der Waals surface area contributed by atoms with Crippen molar-refractivity contribution in [2.24, 2.45) is 0 Å². The Morgan fingerprint density at radius 2 is 1.96 bits per heavy atom. The number of nitrogens with one attached hydrogen (secondary N) is 2. The van der Waals surface area contributed by atoms with Crippen molar-refractivity contribution in [3.63, 3.8) is 0 Å². The fourth-order valence-electron chi connectivity index (χ4n) is 2.94. The number of rotatable bonds is 4. The van der Waals surface area contributed by atoms with E-state index in [0.29, 0.717) is 21.9 Å². The van der Waals surface area contributed by atoms with Crippen molar-refractivity contribution in [1.29, 1.82) is 0 Å². The minimum atomic E-state index is -0.336. The van der Waals surface area contributed by atoms with Crippen LogP contribution in [0.1, 0.15) is 10.4 Å². The lowest BCUT2D eigenvalue weighted by molar-refractivity contribution is 0.0538. The van der Waals surface area contributed by atoms with Crippen molar-refractivity contribution < 1.29 is 9.63 Å². The lowest BCUT2D eigenvalue weighted by atomic mass is 10.1. The summed E-state index contributed by atoms with van der Waals surface area (Å²) in [6.07, 6.45) is 3.51. The fourth-order valence-corrected chi connectivity index (χ4v) is 3.13. The molecule has 1 amide bonds. The van der Waals surface area contributed by atoms with E-state index in [0.717, 1.165) is 21.8 Å². The summed E-state index contributed by atoms with van der Waals surface area (Å²) < 4.78 is 0. The first-order valence-corrected chi connectivity index (χ1v) is 8.57. The van der Waals surface area contributed by atoms with E-state index in [1.54, 1.807) is 24.5 Å². The van der Waals surface area contributed by atoms with Crippen molar-refractivity contribution in [2.45, 2.75) is 0 Å². The third-order valence-electron chi connectivity index (χ3n) is 4.14. The number of pyridine rings is 2. The van der Waals surface area contributed by atoms with Gasteiger partial charge in [-0.15, -0.1) is 0 Å². The molecule has 7 heteroatoms. The Bertz CT molecular complexity index is 1160. The minimum Gasteiger partial charge on any atom is -0.340 e. The molecule has 0 bridgehead atoms. The van der Waals surface area contributed by atoms with Crippen LogP contribution in [0.5, 0.6) is 0 Å². The molecule has 2 N–H and O–H groups in total. The molecule has 2 heterocycles. The number of anilines is 2. The normalized spacial score (nSPS) is 10.9. The zero-order chi connectivity index (χ0) is 18.8. The average Bonchev–Trinajstić information content (AvgIpc) is 2.68. The molecular weight excluding hydrogens is 364 g/mol. The number of amides is 1. The Kier molecular flexibility index (Phi) is 4.58. The van der Waals surface area contributed by atoms with Crippen LogP contribution in [0.2, 0.25) is 5.02 Å². The highest BCUT2D eigenvalue weighted by Crippen LogP contribution is 2.31. The molecule has 0 saturated heterocycles. The van der Waals surface area contributed by atoms with E-state index >= 15 is 0 Å². The Morgan fingerprint density at radius 3 is 2.78 bits per heavy atom. The molecule has 0 unspecified atom stereocenters. The van der Waals surface area contributed by atoms with Crippen LogP contribution in [0, 0.1) is 0 Å². The van der Waals surface area contributed by atoms with Crippen molar-refractivity contribution in [2.75, 3.05) is 12.4 Å². The van der Waals surface area contributed by atoms with Crippen molar-refractivity contribution in [3.8, 4) is 0 Å².